The molecule has 0 bridgehead atoms. The quantitative estimate of drug-likeness (QED) is 0.813. The lowest BCUT2D eigenvalue weighted by Gasteiger charge is -2.25. The van der Waals surface area contributed by atoms with E-state index in [1.807, 2.05) is 6.07 Å². The summed E-state index contributed by atoms with van der Waals surface area (Å²) in [4.78, 5) is 2.11. The fourth-order valence-electron chi connectivity index (χ4n) is 2.05. The Hall–Kier alpha value is -0.930. The Balaban J connectivity index is 2.25. The van der Waals surface area contributed by atoms with E-state index in [1.54, 1.807) is 12.1 Å². The maximum Gasteiger partial charge on any atom is 0.136 e. The minimum atomic E-state index is 0.0951. The van der Waals surface area contributed by atoms with Gasteiger partial charge in [-0.1, -0.05) is 11.6 Å². The first-order valence-corrected chi connectivity index (χ1v) is 5.46. The summed E-state index contributed by atoms with van der Waals surface area (Å²) in [6, 6.07) is 5.37. The fraction of sp³-hybridized carbons (Fsp3) is 0.455. The predicted octanol–water partition coefficient (Wildman–Crippen LogP) is 2.01. The first-order valence-electron chi connectivity index (χ1n) is 5.08. The topological polar surface area (TPSA) is 43.7 Å². The summed E-state index contributed by atoms with van der Waals surface area (Å²) in [5.41, 5.74) is 0.924. The van der Waals surface area contributed by atoms with Gasteiger partial charge in [0.25, 0.3) is 0 Å². The van der Waals surface area contributed by atoms with Crippen molar-refractivity contribution < 1.29 is 10.2 Å². The number of rotatable bonds is 2. The van der Waals surface area contributed by atoms with Gasteiger partial charge in [0.2, 0.25) is 0 Å². The highest BCUT2D eigenvalue weighted by Crippen LogP contribution is 2.31. The van der Waals surface area contributed by atoms with E-state index in [0.29, 0.717) is 5.02 Å². The van der Waals surface area contributed by atoms with Crippen molar-refractivity contribution in [3.05, 3.63) is 23.2 Å². The van der Waals surface area contributed by atoms with Gasteiger partial charge < -0.3 is 15.1 Å². The van der Waals surface area contributed by atoms with Crippen molar-refractivity contribution in [3.63, 3.8) is 0 Å². The van der Waals surface area contributed by atoms with Crippen LogP contribution >= 0.6 is 11.6 Å². The molecule has 1 unspecified atom stereocenters. The van der Waals surface area contributed by atoms with Crippen LogP contribution in [-0.4, -0.2) is 29.4 Å². The number of aliphatic hydroxyl groups is 1. The number of hydrogen-bond acceptors (Lipinski definition) is 3. The zero-order valence-electron chi connectivity index (χ0n) is 8.36. The monoisotopic (exact) mass is 227 g/mol. The first kappa shape index (κ1) is 10.6. The summed E-state index contributed by atoms with van der Waals surface area (Å²) < 4.78 is 0. The van der Waals surface area contributed by atoms with Gasteiger partial charge in [0.1, 0.15) is 5.75 Å². The van der Waals surface area contributed by atoms with Crippen LogP contribution in [0.3, 0.4) is 0 Å². The second-order valence-electron chi connectivity index (χ2n) is 3.81. The van der Waals surface area contributed by atoms with Crippen molar-refractivity contribution >= 4 is 17.3 Å². The second-order valence-corrected chi connectivity index (χ2v) is 4.21. The van der Waals surface area contributed by atoms with Gasteiger partial charge in [-0.2, -0.15) is 0 Å². The van der Waals surface area contributed by atoms with Crippen molar-refractivity contribution in [2.75, 3.05) is 18.1 Å². The van der Waals surface area contributed by atoms with Crippen molar-refractivity contribution in [2.24, 2.45) is 0 Å². The van der Waals surface area contributed by atoms with Gasteiger partial charge in [-0.25, -0.2) is 0 Å². The molecule has 1 aliphatic heterocycles. The summed E-state index contributed by atoms with van der Waals surface area (Å²) in [6.45, 7) is 1.08. The molecule has 1 aromatic carbocycles. The average molecular weight is 228 g/mol. The van der Waals surface area contributed by atoms with E-state index in [1.165, 1.54) is 0 Å². The predicted molar refractivity (Wildman–Crippen MR) is 60.6 cm³/mol. The number of anilines is 1. The molecule has 3 nitrogen and oxygen atoms in total. The van der Waals surface area contributed by atoms with Crippen LogP contribution in [0.25, 0.3) is 0 Å². The van der Waals surface area contributed by atoms with E-state index in [2.05, 4.69) is 4.90 Å². The number of phenols is 1. The van der Waals surface area contributed by atoms with Crippen molar-refractivity contribution in [1.82, 2.24) is 0 Å². The summed E-state index contributed by atoms with van der Waals surface area (Å²) in [5.74, 6) is 0.0951. The lowest BCUT2D eigenvalue weighted by molar-refractivity contribution is 0.266. The van der Waals surface area contributed by atoms with E-state index < -0.39 is 0 Å². The molecule has 0 spiro atoms. The zero-order valence-corrected chi connectivity index (χ0v) is 9.11. The van der Waals surface area contributed by atoms with Crippen LogP contribution < -0.4 is 4.90 Å². The van der Waals surface area contributed by atoms with E-state index in [4.69, 9.17) is 11.6 Å². The molecule has 0 amide bonds. The summed E-state index contributed by atoms with van der Waals surface area (Å²) in [7, 11) is 0. The summed E-state index contributed by atoms with van der Waals surface area (Å²) >= 11 is 5.74. The van der Waals surface area contributed by atoms with Gasteiger partial charge in [-0.3, -0.25) is 0 Å². The molecule has 1 atom stereocenters. The zero-order chi connectivity index (χ0) is 10.8. The Labute approximate surface area is 93.9 Å². The highest BCUT2D eigenvalue weighted by molar-refractivity contribution is 6.32. The van der Waals surface area contributed by atoms with Crippen LogP contribution in [0.15, 0.2) is 18.2 Å². The van der Waals surface area contributed by atoms with Gasteiger partial charge in [0.15, 0.2) is 0 Å². The molecule has 1 saturated heterocycles. The maximum atomic E-state index is 9.50. The van der Waals surface area contributed by atoms with Gasteiger partial charge in [0.05, 0.1) is 17.7 Å². The van der Waals surface area contributed by atoms with Crippen LogP contribution in [0, 0.1) is 0 Å². The molecule has 82 valence electrons. The van der Waals surface area contributed by atoms with E-state index >= 15 is 0 Å². The molecule has 0 saturated carbocycles. The summed E-state index contributed by atoms with van der Waals surface area (Å²) in [5, 5.41) is 19.0. The largest absolute Gasteiger partial charge is 0.506 e. The summed E-state index contributed by atoms with van der Waals surface area (Å²) in [6.07, 6.45) is 2.08. The third-order valence-corrected chi connectivity index (χ3v) is 3.17. The van der Waals surface area contributed by atoms with Crippen LogP contribution in [-0.2, 0) is 0 Å². The van der Waals surface area contributed by atoms with Crippen molar-refractivity contribution in [2.45, 2.75) is 18.9 Å². The minimum absolute atomic E-state index is 0.0951. The molecule has 1 fully saturated rings. The van der Waals surface area contributed by atoms with Crippen LogP contribution in [0.5, 0.6) is 5.75 Å². The Bertz CT molecular complexity index is 356. The second kappa shape index (κ2) is 4.29. The van der Waals surface area contributed by atoms with Gasteiger partial charge in [-0.15, -0.1) is 0 Å². The van der Waals surface area contributed by atoms with Crippen molar-refractivity contribution in [1.29, 1.82) is 0 Å². The number of aliphatic hydroxyl groups excluding tert-OH is 1. The number of phenolic OH excluding ortho intramolecular Hbond substituents is 1. The molecule has 1 heterocycles. The normalized spacial score (nSPS) is 20.9. The SMILES string of the molecule is OCC1CCCN1c1ccc(Cl)c(O)c1. The molecular weight excluding hydrogens is 214 g/mol. The minimum Gasteiger partial charge on any atom is -0.506 e. The van der Waals surface area contributed by atoms with Crippen molar-refractivity contribution in [3.8, 4) is 5.75 Å². The average Bonchev–Trinajstić information content (AvgIpc) is 2.70. The number of aromatic hydroxyl groups is 1. The third-order valence-electron chi connectivity index (χ3n) is 2.85. The molecule has 15 heavy (non-hydrogen) atoms. The lowest BCUT2D eigenvalue weighted by atomic mass is 10.2. The van der Waals surface area contributed by atoms with E-state index in [0.717, 1.165) is 25.1 Å². The molecule has 1 aromatic rings. The number of hydrogen-bond donors (Lipinski definition) is 2. The highest BCUT2D eigenvalue weighted by atomic mass is 35.5. The highest BCUT2D eigenvalue weighted by Gasteiger charge is 2.24. The number of nitrogens with zero attached hydrogens (tertiary/aromatic N) is 1. The molecule has 2 rings (SSSR count). The molecule has 1 aliphatic rings. The maximum absolute atomic E-state index is 9.50. The van der Waals surface area contributed by atoms with Crippen LogP contribution in [0.4, 0.5) is 5.69 Å². The van der Waals surface area contributed by atoms with Gasteiger partial charge >= 0.3 is 0 Å². The van der Waals surface area contributed by atoms with Crippen LogP contribution in [0.1, 0.15) is 12.8 Å². The molecule has 0 aromatic heterocycles. The fourth-order valence-corrected chi connectivity index (χ4v) is 2.16. The first-order chi connectivity index (χ1) is 7.22. The Kier molecular flexibility index (Phi) is 3.03. The Morgan fingerprint density at radius 1 is 1.47 bits per heavy atom. The number of benzene rings is 1. The van der Waals surface area contributed by atoms with E-state index in [9.17, 15) is 10.2 Å². The van der Waals surface area contributed by atoms with Gasteiger partial charge in [0, 0.05) is 18.3 Å². The third kappa shape index (κ3) is 2.03. The molecule has 4 heteroatoms. The Morgan fingerprint density at radius 3 is 2.93 bits per heavy atom. The standard InChI is InChI=1S/C11H14ClNO2/c12-10-4-3-8(6-11(10)15)13-5-1-2-9(13)7-14/h3-4,6,9,14-15H,1-2,5,7H2. The Morgan fingerprint density at radius 2 is 2.27 bits per heavy atom. The van der Waals surface area contributed by atoms with Crippen LogP contribution in [0.2, 0.25) is 5.02 Å². The lowest BCUT2D eigenvalue weighted by Crippen LogP contribution is -2.31. The van der Waals surface area contributed by atoms with Gasteiger partial charge in [-0.05, 0) is 25.0 Å². The molecular formula is C11H14ClNO2. The number of halogens is 1. The smallest absolute Gasteiger partial charge is 0.136 e. The molecule has 0 radical (unpaired) electrons. The van der Waals surface area contributed by atoms with E-state index in [-0.39, 0.29) is 18.4 Å². The molecule has 2 N–H and O–H groups in total. The molecule has 0 aliphatic carbocycles.